The third kappa shape index (κ3) is 4.52. The number of nitrogens with zero attached hydrogens (tertiary/aromatic N) is 3. The number of sulfone groups is 1. The molecule has 2 aliphatic rings. The van der Waals surface area contributed by atoms with E-state index >= 15 is 0 Å². The van der Waals surface area contributed by atoms with Gasteiger partial charge in [-0.25, -0.2) is 8.42 Å². The van der Waals surface area contributed by atoms with E-state index in [2.05, 4.69) is 51.3 Å². The molecular weight excluding hydrogens is 475 g/mol. The van der Waals surface area contributed by atoms with Crippen LogP contribution in [0, 0.1) is 0 Å². The Morgan fingerprint density at radius 2 is 2.04 bits per heavy atom. The molecule has 1 saturated heterocycles. The molecule has 0 spiro atoms. The van der Waals surface area contributed by atoms with E-state index in [1.807, 2.05) is 0 Å². The molecule has 0 aliphatic carbocycles. The lowest BCUT2D eigenvalue weighted by atomic mass is 10.1. The first-order chi connectivity index (χ1) is 12.2. The van der Waals surface area contributed by atoms with E-state index in [4.69, 9.17) is 0 Å². The van der Waals surface area contributed by atoms with Gasteiger partial charge in [0.05, 0.1) is 10.5 Å². The summed E-state index contributed by atoms with van der Waals surface area (Å²) in [5.41, 5.74) is 2.73. The Morgan fingerprint density at radius 3 is 2.70 bits per heavy atom. The van der Waals surface area contributed by atoms with Crippen LogP contribution in [0.25, 0.3) is 0 Å². The van der Waals surface area contributed by atoms with Crippen molar-refractivity contribution >= 4 is 45.5 Å². The Morgan fingerprint density at radius 1 is 1.33 bits per heavy atom. The van der Waals surface area contributed by atoms with Crippen molar-refractivity contribution in [1.82, 2.24) is 10.2 Å². The predicted octanol–water partition coefficient (Wildman–Crippen LogP) is 2.14. The summed E-state index contributed by atoms with van der Waals surface area (Å²) in [6.07, 6.45) is 1.09. The normalized spacial score (nSPS) is 23.6. The van der Waals surface area contributed by atoms with Crippen molar-refractivity contribution in [1.29, 1.82) is 0 Å². The van der Waals surface area contributed by atoms with Gasteiger partial charge in [-0.3, -0.25) is 4.99 Å². The van der Waals surface area contributed by atoms with Gasteiger partial charge in [-0.2, -0.15) is 0 Å². The maximum absolute atomic E-state index is 12.2. The van der Waals surface area contributed by atoms with Gasteiger partial charge in [-0.05, 0) is 38.8 Å². The molecule has 0 saturated carbocycles. The molecule has 27 heavy (non-hydrogen) atoms. The summed E-state index contributed by atoms with van der Waals surface area (Å²) in [6, 6.07) is 9.07. The Bertz CT molecular complexity index is 795. The third-order valence-corrected chi connectivity index (χ3v) is 8.07. The van der Waals surface area contributed by atoms with Crippen molar-refractivity contribution in [2.45, 2.75) is 38.0 Å². The number of hydrogen-bond acceptors (Lipinski definition) is 4. The highest BCUT2D eigenvalue weighted by Gasteiger charge is 2.41. The van der Waals surface area contributed by atoms with E-state index in [0.29, 0.717) is 19.1 Å². The number of nitrogens with one attached hydrogen (secondary N) is 1. The van der Waals surface area contributed by atoms with Gasteiger partial charge >= 0.3 is 0 Å². The maximum Gasteiger partial charge on any atom is 0.193 e. The second-order valence-corrected chi connectivity index (χ2v) is 10.6. The number of para-hydroxylation sites is 1. The lowest BCUT2D eigenvalue weighted by molar-refractivity contribution is 0.353. The quantitative estimate of drug-likeness (QED) is 0.387. The first-order valence-electron chi connectivity index (χ1n) is 9.27. The van der Waals surface area contributed by atoms with Crippen LogP contribution < -0.4 is 10.2 Å². The number of aliphatic imine (C=N–C) groups is 1. The van der Waals surface area contributed by atoms with E-state index in [-0.39, 0.29) is 29.7 Å². The average molecular weight is 506 g/mol. The fourth-order valence-corrected chi connectivity index (χ4v) is 5.28. The number of anilines is 1. The zero-order valence-corrected chi connectivity index (χ0v) is 19.8. The number of fused-ring (bicyclic) bond motifs is 1. The molecule has 0 aromatic heterocycles. The van der Waals surface area contributed by atoms with E-state index in [1.165, 1.54) is 11.3 Å². The molecule has 8 heteroatoms. The van der Waals surface area contributed by atoms with Gasteiger partial charge in [-0.15, -0.1) is 24.0 Å². The maximum atomic E-state index is 12.2. The van der Waals surface area contributed by atoms with E-state index in [1.54, 1.807) is 20.9 Å². The van der Waals surface area contributed by atoms with Crippen LogP contribution in [0.1, 0.15) is 26.3 Å². The lowest BCUT2D eigenvalue weighted by Crippen LogP contribution is -2.57. The van der Waals surface area contributed by atoms with Crippen molar-refractivity contribution < 1.29 is 8.42 Å². The van der Waals surface area contributed by atoms with Crippen LogP contribution in [-0.4, -0.2) is 69.0 Å². The first-order valence-corrected chi connectivity index (χ1v) is 10.9. The Balaban J connectivity index is 0.00000261. The number of benzene rings is 1. The Kier molecular flexibility index (Phi) is 7.05. The summed E-state index contributed by atoms with van der Waals surface area (Å²) < 4.78 is 23.7. The monoisotopic (exact) mass is 506 g/mol. The van der Waals surface area contributed by atoms with Crippen LogP contribution in [0.4, 0.5) is 5.69 Å². The van der Waals surface area contributed by atoms with Crippen LogP contribution in [0.15, 0.2) is 29.3 Å². The molecule has 2 aliphatic heterocycles. The molecule has 0 amide bonds. The molecule has 0 bridgehead atoms. The molecule has 152 valence electrons. The molecule has 1 atom stereocenters. The second kappa shape index (κ2) is 8.55. The molecule has 1 aromatic carbocycles. The standard InChI is InChI=1S/C19H30N4O2S.HI/c1-15-13-16-7-5-6-8-17(16)23(15)10-9-21-18(20-4)22-11-12-26(24,25)19(2,3)14-22;/h5-8,15H,9-14H2,1-4H3,(H,20,21);1H. The smallest absolute Gasteiger partial charge is 0.193 e. The van der Waals surface area contributed by atoms with Crippen LogP contribution in [0.2, 0.25) is 0 Å². The highest BCUT2D eigenvalue weighted by molar-refractivity contribution is 14.0. The van der Waals surface area contributed by atoms with Crippen molar-refractivity contribution in [3.05, 3.63) is 29.8 Å². The Hall–Kier alpha value is -1.03. The largest absolute Gasteiger partial charge is 0.367 e. The lowest BCUT2D eigenvalue weighted by Gasteiger charge is -2.39. The van der Waals surface area contributed by atoms with Crippen LogP contribution in [0.5, 0.6) is 0 Å². The van der Waals surface area contributed by atoms with Gasteiger partial charge in [0.25, 0.3) is 0 Å². The van der Waals surface area contributed by atoms with E-state index in [0.717, 1.165) is 25.5 Å². The zero-order chi connectivity index (χ0) is 18.9. The minimum absolute atomic E-state index is 0. The third-order valence-electron chi connectivity index (χ3n) is 5.54. The Labute approximate surface area is 180 Å². The summed E-state index contributed by atoms with van der Waals surface area (Å²) in [6.45, 7) is 8.48. The number of halogens is 1. The summed E-state index contributed by atoms with van der Waals surface area (Å²) in [4.78, 5) is 8.86. The molecular formula is C19H31IN4O2S. The van der Waals surface area contributed by atoms with Gasteiger partial charge in [-0.1, -0.05) is 18.2 Å². The van der Waals surface area contributed by atoms with Crippen LogP contribution >= 0.6 is 24.0 Å². The number of guanidine groups is 1. The average Bonchev–Trinajstić information content (AvgIpc) is 2.90. The highest BCUT2D eigenvalue weighted by Crippen LogP contribution is 2.31. The summed E-state index contributed by atoms with van der Waals surface area (Å²) >= 11 is 0. The molecule has 2 heterocycles. The second-order valence-electron chi connectivity index (χ2n) is 7.85. The van der Waals surface area contributed by atoms with Gasteiger partial charge in [0.2, 0.25) is 0 Å². The van der Waals surface area contributed by atoms with E-state index < -0.39 is 14.6 Å². The van der Waals surface area contributed by atoms with Crippen molar-refractivity contribution in [2.24, 2.45) is 4.99 Å². The minimum Gasteiger partial charge on any atom is -0.367 e. The molecule has 1 fully saturated rings. The number of hydrogen-bond donors (Lipinski definition) is 1. The summed E-state index contributed by atoms with van der Waals surface area (Å²) in [5, 5.41) is 3.42. The summed E-state index contributed by atoms with van der Waals surface area (Å²) in [7, 11) is -1.29. The fourth-order valence-electron chi connectivity index (χ4n) is 3.92. The van der Waals surface area contributed by atoms with Crippen molar-refractivity contribution in [3.63, 3.8) is 0 Å². The predicted molar refractivity (Wildman–Crippen MR) is 123 cm³/mol. The van der Waals surface area contributed by atoms with Gasteiger partial charge < -0.3 is 15.1 Å². The SMILES string of the molecule is CN=C(NCCN1c2ccccc2CC1C)N1CCS(=O)(=O)C(C)(C)C1.I. The fraction of sp³-hybridized carbons (Fsp3) is 0.632. The number of rotatable bonds is 3. The van der Waals surface area contributed by atoms with Crippen molar-refractivity contribution in [3.8, 4) is 0 Å². The van der Waals surface area contributed by atoms with Gasteiger partial charge in [0.1, 0.15) is 0 Å². The van der Waals surface area contributed by atoms with Crippen LogP contribution in [-0.2, 0) is 16.3 Å². The van der Waals surface area contributed by atoms with Gasteiger partial charge in [0, 0.05) is 45.0 Å². The van der Waals surface area contributed by atoms with Gasteiger partial charge in [0.15, 0.2) is 15.8 Å². The molecule has 3 rings (SSSR count). The van der Waals surface area contributed by atoms with E-state index in [9.17, 15) is 8.42 Å². The molecule has 0 radical (unpaired) electrons. The minimum atomic E-state index is -3.04. The molecule has 1 N–H and O–H groups in total. The molecule has 6 nitrogen and oxygen atoms in total. The van der Waals surface area contributed by atoms with Crippen molar-refractivity contribution in [2.75, 3.05) is 43.9 Å². The first kappa shape index (κ1) is 22.3. The highest BCUT2D eigenvalue weighted by atomic mass is 127. The zero-order valence-electron chi connectivity index (χ0n) is 16.6. The topological polar surface area (TPSA) is 65.0 Å². The summed E-state index contributed by atoms with van der Waals surface area (Å²) in [5.74, 6) is 0.963. The van der Waals surface area contributed by atoms with Crippen LogP contribution in [0.3, 0.4) is 0 Å². The molecule has 1 unspecified atom stereocenters. The molecule has 1 aromatic rings.